The van der Waals surface area contributed by atoms with Crippen LogP contribution in [0.1, 0.15) is 44.9 Å². The van der Waals surface area contributed by atoms with Crippen molar-refractivity contribution in [3.63, 3.8) is 0 Å². The van der Waals surface area contributed by atoms with E-state index in [4.69, 9.17) is 0 Å². The van der Waals surface area contributed by atoms with Crippen molar-refractivity contribution in [3.05, 3.63) is 71.8 Å². The summed E-state index contributed by atoms with van der Waals surface area (Å²) in [6.07, 6.45) is 0. The van der Waals surface area contributed by atoms with Crippen LogP contribution in [-0.2, 0) is 4.79 Å². The van der Waals surface area contributed by atoms with Gasteiger partial charge in [-0.2, -0.15) is 0 Å². The van der Waals surface area contributed by atoms with E-state index in [2.05, 4.69) is 24.3 Å². The Morgan fingerprint density at radius 1 is 0.909 bits per heavy atom. The van der Waals surface area contributed by atoms with E-state index in [1.165, 1.54) is 0 Å². The van der Waals surface area contributed by atoms with E-state index in [0.29, 0.717) is 6.54 Å². The van der Waals surface area contributed by atoms with Crippen LogP contribution in [0.4, 0.5) is 0 Å². The Balaban J connectivity index is 2.51. The van der Waals surface area contributed by atoms with Gasteiger partial charge in [0.2, 0.25) is 5.91 Å². The second kappa shape index (κ2) is 6.78. The Morgan fingerprint density at radius 2 is 1.32 bits per heavy atom. The maximum Gasteiger partial charge on any atom is 0.228 e. The van der Waals surface area contributed by atoms with Gasteiger partial charge in [-0.3, -0.25) is 4.79 Å². The molecule has 0 heterocycles. The fourth-order valence-electron chi connectivity index (χ4n) is 2.70. The first-order chi connectivity index (χ1) is 10.4. The highest BCUT2D eigenvalue weighted by molar-refractivity contribution is 5.82. The van der Waals surface area contributed by atoms with Crippen molar-refractivity contribution in [3.8, 4) is 0 Å². The molecule has 0 saturated heterocycles. The van der Waals surface area contributed by atoms with Crippen molar-refractivity contribution < 1.29 is 4.79 Å². The minimum absolute atomic E-state index is 0.0425. The topological polar surface area (TPSA) is 20.3 Å². The molecule has 0 fully saturated rings. The lowest BCUT2D eigenvalue weighted by atomic mass is 9.90. The summed E-state index contributed by atoms with van der Waals surface area (Å²) in [5.41, 5.74) is 1.90. The first kappa shape index (κ1) is 16.3. The molecule has 0 spiro atoms. The number of nitrogens with zero attached hydrogens (tertiary/aromatic N) is 1. The molecule has 0 aliphatic heterocycles. The standard InChI is InChI=1S/C20H25NO/c1-5-21(19(22)20(2,3)4)18(16-12-8-6-9-13-16)17-14-10-7-11-15-17/h6-15,18H,5H2,1-4H3. The summed E-state index contributed by atoms with van der Waals surface area (Å²) in [7, 11) is 0. The van der Waals surface area contributed by atoms with Crippen LogP contribution in [0.2, 0.25) is 0 Å². The average molecular weight is 295 g/mol. The van der Waals surface area contributed by atoms with Crippen molar-refractivity contribution >= 4 is 5.91 Å². The van der Waals surface area contributed by atoms with Gasteiger partial charge in [-0.05, 0) is 18.1 Å². The Morgan fingerprint density at radius 3 is 1.64 bits per heavy atom. The molecule has 116 valence electrons. The second-order valence-corrected chi connectivity index (χ2v) is 6.57. The van der Waals surface area contributed by atoms with Crippen molar-refractivity contribution in [1.29, 1.82) is 0 Å². The predicted octanol–water partition coefficient (Wildman–Crippen LogP) is 4.67. The highest BCUT2D eigenvalue weighted by Crippen LogP contribution is 2.32. The Kier molecular flexibility index (Phi) is 5.02. The van der Waals surface area contributed by atoms with Crippen LogP contribution in [0.3, 0.4) is 0 Å². The third-order valence-corrected chi connectivity index (χ3v) is 3.79. The Hall–Kier alpha value is -2.09. The van der Waals surface area contributed by atoms with E-state index in [1.54, 1.807) is 0 Å². The fraction of sp³-hybridized carbons (Fsp3) is 0.350. The summed E-state index contributed by atoms with van der Waals surface area (Å²) in [6.45, 7) is 8.66. The van der Waals surface area contributed by atoms with Gasteiger partial charge < -0.3 is 4.90 Å². The molecule has 1 amide bonds. The van der Waals surface area contributed by atoms with E-state index in [9.17, 15) is 4.79 Å². The normalized spacial score (nSPS) is 11.5. The quantitative estimate of drug-likeness (QED) is 0.802. The van der Waals surface area contributed by atoms with Crippen molar-refractivity contribution in [2.45, 2.75) is 33.7 Å². The van der Waals surface area contributed by atoms with Crippen molar-refractivity contribution in [1.82, 2.24) is 4.90 Å². The largest absolute Gasteiger partial charge is 0.331 e. The van der Waals surface area contributed by atoms with Gasteiger partial charge in [-0.15, -0.1) is 0 Å². The van der Waals surface area contributed by atoms with Gasteiger partial charge in [0.05, 0.1) is 6.04 Å². The molecule has 0 saturated carbocycles. The van der Waals surface area contributed by atoms with E-state index in [0.717, 1.165) is 11.1 Å². The zero-order valence-corrected chi connectivity index (χ0v) is 13.9. The zero-order chi connectivity index (χ0) is 16.2. The van der Waals surface area contributed by atoms with Crippen LogP contribution < -0.4 is 0 Å². The van der Waals surface area contributed by atoms with Crippen LogP contribution in [0.15, 0.2) is 60.7 Å². The summed E-state index contributed by atoms with van der Waals surface area (Å²) in [6, 6.07) is 20.5. The van der Waals surface area contributed by atoms with E-state index >= 15 is 0 Å². The molecular formula is C20H25NO. The highest BCUT2D eigenvalue weighted by atomic mass is 16.2. The molecule has 22 heavy (non-hydrogen) atoms. The van der Waals surface area contributed by atoms with Crippen LogP contribution >= 0.6 is 0 Å². The number of rotatable bonds is 4. The van der Waals surface area contributed by atoms with Gasteiger partial charge in [0, 0.05) is 12.0 Å². The molecule has 2 aromatic rings. The van der Waals surface area contributed by atoms with Gasteiger partial charge in [0.25, 0.3) is 0 Å². The van der Waals surface area contributed by atoms with Gasteiger partial charge in [0.1, 0.15) is 0 Å². The van der Waals surface area contributed by atoms with Gasteiger partial charge >= 0.3 is 0 Å². The lowest BCUT2D eigenvalue weighted by Gasteiger charge is -2.36. The molecule has 2 heteroatoms. The Labute approximate surface area is 133 Å². The highest BCUT2D eigenvalue weighted by Gasteiger charge is 2.32. The van der Waals surface area contributed by atoms with Gasteiger partial charge in [-0.1, -0.05) is 81.4 Å². The maximum absolute atomic E-state index is 12.9. The van der Waals surface area contributed by atoms with E-state index < -0.39 is 5.41 Å². The molecule has 0 bridgehead atoms. The maximum atomic E-state index is 12.9. The lowest BCUT2D eigenvalue weighted by molar-refractivity contribution is -0.141. The number of carbonyl (C=O) groups is 1. The summed E-state index contributed by atoms with van der Waals surface area (Å²) in [5, 5.41) is 0. The smallest absolute Gasteiger partial charge is 0.228 e. The van der Waals surface area contributed by atoms with E-state index in [1.807, 2.05) is 69.0 Å². The molecule has 2 aromatic carbocycles. The molecule has 2 nitrogen and oxygen atoms in total. The summed E-state index contributed by atoms with van der Waals surface area (Å²) >= 11 is 0. The van der Waals surface area contributed by atoms with Gasteiger partial charge in [-0.25, -0.2) is 0 Å². The van der Waals surface area contributed by atoms with Crippen molar-refractivity contribution in [2.75, 3.05) is 6.54 Å². The average Bonchev–Trinajstić information content (AvgIpc) is 2.52. The molecule has 0 N–H and O–H groups in total. The summed E-state index contributed by atoms with van der Waals surface area (Å²) < 4.78 is 0. The van der Waals surface area contributed by atoms with Gasteiger partial charge in [0.15, 0.2) is 0 Å². The Bertz CT molecular complexity index is 559. The molecule has 0 aliphatic carbocycles. The van der Waals surface area contributed by atoms with Crippen LogP contribution in [0.5, 0.6) is 0 Å². The molecule has 0 atom stereocenters. The van der Waals surface area contributed by atoms with Crippen LogP contribution in [0.25, 0.3) is 0 Å². The monoisotopic (exact) mass is 295 g/mol. The van der Waals surface area contributed by atoms with Crippen LogP contribution in [-0.4, -0.2) is 17.4 Å². The molecule has 0 radical (unpaired) electrons. The SMILES string of the molecule is CCN(C(=O)C(C)(C)C)C(c1ccccc1)c1ccccc1. The van der Waals surface area contributed by atoms with Crippen LogP contribution in [0, 0.1) is 5.41 Å². The molecular weight excluding hydrogens is 270 g/mol. The van der Waals surface area contributed by atoms with E-state index in [-0.39, 0.29) is 11.9 Å². The third-order valence-electron chi connectivity index (χ3n) is 3.79. The number of hydrogen-bond acceptors (Lipinski definition) is 1. The molecule has 2 rings (SSSR count). The number of hydrogen-bond donors (Lipinski definition) is 0. The summed E-state index contributed by atoms with van der Waals surface area (Å²) in [5.74, 6) is 0.174. The second-order valence-electron chi connectivity index (χ2n) is 6.57. The number of carbonyl (C=O) groups excluding carboxylic acids is 1. The first-order valence-corrected chi connectivity index (χ1v) is 7.86. The first-order valence-electron chi connectivity index (χ1n) is 7.86. The molecule has 0 unspecified atom stereocenters. The molecule has 0 aromatic heterocycles. The minimum Gasteiger partial charge on any atom is -0.331 e. The fourth-order valence-corrected chi connectivity index (χ4v) is 2.70. The lowest BCUT2D eigenvalue weighted by Crippen LogP contribution is -2.42. The minimum atomic E-state index is -0.391. The predicted molar refractivity (Wildman–Crippen MR) is 91.6 cm³/mol. The molecule has 0 aliphatic rings. The zero-order valence-electron chi connectivity index (χ0n) is 13.9. The number of amides is 1. The third kappa shape index (κ3) is 3.56. The summed E-state index contributed by atoms with van der Waals surface area (Å²) in [4.78, 5) is 14.9. The number of benzene rings is 2. The van der Waals surface area contributed by atoms with Crippen molar-refractivity contribution in [2.24, 2.45) is 5.41 Å².